The van der Waals surface area contributed by atoms with Crippen LogP contribution in [0.2, 0.25) is 0 Å². The minimum absolute atomic E-state index is 0.162. The molecule has 1 N–H and O–H groups in total. The number of carbonyl (C=O) groups is 1. The van der Waals surface area contributed by atoms with E-state index in [1.165, 1.54) is 32.1 Å². The summed E-state index contributed by atoms with van der Waals surface area (Å²) in [6.45, 7) is 9.23. The molecule has 1 aliphatic carbocycles. The van der Waals surface area contributed by atoms with Gasteiger partial charge in [-0.15, -0.1) is 0 Å². The van der Waals surface area contributed by atoms with Crippen molar-refractivity contribution in [1.29, 1.82) is 0 Å². The fourth-order valence-electron chi connectivity index (χ4n) is 3.11. The first-order valence-electron chi connectivity index (χ1n) is 8.62. The topological polar surface area (TPSA) is 47.6 Å². The Morgan fingerprint density at radius 2 is 1.95 bits per heavy atom. The highest BCUT2D eigenvalue weighted by atomic mass is 16.5. The molecule has 1 aliphatic rings. The van der Waals surface area contributed by atoms with Crippen molar-refractivity contribution in [3.63, 3.8) is 0 Å². The van der Waals surface area contributed by atoms with E-state index in [1.807, 2.05) is 20.8 Å². The first kappa shape index (κ1) is 18.4. The summed E-state index contributed by atoms with van der Waals surface area (Å²) in [6, 6.07) is 0.00564. The molecule has 1 saturated carbocycles. The maximum Gasteiger partial charge on any atom is 0.323 e. The molecule has 0 spiro atoms. The van der Waals surface area contributed by atoms with Gasteiger partial charge in [0.15, 0.2) is 0 Å². The molecule has 0 aromatic carbocycles. The van der Waals surface area contributed by atoms with Crippen LogP contribution < -0.4 is 5.32 Å². The Labute approximate surface area is 130 Å². The summed E-state index contributed by atoms with van der Waals surface area (Å²) in [5, 5.41) is 3.27. The molecule has 1 fully saturated rings. The summed E-state index contributed by atoms with van der Waals surface area (Å²) < 4.78 is 11.2. The monoisotopic (exact) mass is 299 g/mol. The lowest BCUT2D eigenvalue weighted by Gasteiger charge is -2.31. The number of rotatable bonds is 9. The van der Waals surface area contributed by atoms with Gasteiger partial charge in [-0.1, -0.05) is 40.0 Å². The molecular weight excluding hydrogens is 266 g/mol. The molecule has 0 saturated heterocycles. The van der Waals surface area contributed by atoms with Crippen LogP contribution in [-0.2, 0) is 14.3 Å². The van der Waals surface area contributed by atoms with Gasteiger partial charge in [0, 0.05) is 12.6 Å². The SMILES string of the molecule is CCOC(=O)C(CCOC1CCCCC1CC)NC(C)C. The normalized spacial score (nSPS) is 24.0. The van der Waals surface area contributed by atoms with E-state index in [1.54, 1.807) is 0 Å². The van der Waals surface area contributed by atoms with Crippen LogP contribution in [0.5, 0.6) is 0 Å². The molecule has 3 unspecified atom stereocenters. The molecule has 0 aromatic rings. The van der Waals surface area contributed by atoms with Gasteiger partial charge in [-0.05, 0) is 32.1 Å². The largest absolute Gasteiger partial charge is 0.465 e. The predicted octanol–water partition coefficient (Wildman–Crippen LogP) is 3.29. The van der Waals surface area contributed by atoms with Crippen molar-refractivity contribution in [2.75, 3.05) is 13.2 Å². The molecule has 124 valence electrons. The van der Waals surface area contributed by atoms with Gasteiger partial charge >= 0.3 is 5.97 Å². The number of hydrogen-bond donors (Lipinski definition) is 1. The molecule has 0 aliphatic heterocycles. The summed E-state index contributed by atoms with van der Waals surface area (Å²) in [5.74, 6) is 0.531. The summed E-state index contributed by atoms with van der Waals surface area (Å²) in [4.78, 5) is 11.9. The Morgan fingerprint density at radius 3 is 2.57 bits per heavy atom. The highest BCUT2D eigenvalue weighted by Gasteiger charge is 2.25. The zero-order chi connectivity index (χ0) is 15.7. The van der Waals surface area contributed by atoms with Gasteiger partial charge in [0.05, 0.1) is 12.7 Å². The summed E-state index contributed by atoms with van der Waals surface area (Å²) in [7, 11) is 0. The third-order valence-corrected chi connectivity index (χ3v) is 4.21. The Kier molecular flexibility index (Phi) is 8.93. The quantitative estimate of drug-likeness (QED) is 0.664. The van der Waals surface area contributed by atoms with Gasteiger partial charge < -0.3 is 14.8 Å². The zero-order valence-corrected chi connectivity index (χ0v) is 14.2. The van der Waals surface area contributed by atoms with Crippen LogP contribution >= 0.6 is 0 Å². The molecule has 0 aromatic heterocycles. The van der Waals surface area contributed by atoms with E-state index in [0.717, 1.165) is 0 Å². The van der Waals surface area contributed by atoms with Gasteiger partial charge in [-0.3, -0.25) is 4.79 Å². The lowest BCUT2D eigenvalue weighted by Crippen LogP contribution is -2.43. The fourth-order valence-corrected chi connectivity index (χ4v) is 3.11. The van der Waals surface area contributed by atoms with E-state index in [0.29, 0.717) is 31.7 Å². The van der Waals surface area contributed by atoms with Crippen LogP contribution in [0.1, 0.15) is 66.2 Å². The minimum atomic E-state index is -0.256. The van der Waals surface area contributed by atoms with Crippen molar-refractivity contribution < 1.29 is 14.3 Å². The number of ether oxygens (including phenoxy) is 2. The molecule has 4 heteroatoms. The molecule has 0 heterocycles. The zero-order valence-electron chi connectivity index (χ0n) is 14.2. The Balaban J connectivity index is 2.39. The standard InChI is InChI=1S/C17H33NO3/c1-5-14-9-7-8-10-16(14)21-12-11-15(18-13(3)4)17(19)20-6-2/h13-16,18H,5-12H2,1-4H3. The van der Waals surface area contributed by atoms with Crippen LogP contribution in [0.25, 0.3) is 0 Å². The van der Waals surface area contributed by atoms with E-state index < -0.39 is 0 Å². The van der Waals surface area contributed by atoms with Crippen LogP contribution in [0, 0.1) is 5.92 Å². The highest BCUT2D eigenvalue weighted by molar-refractivity contribution is 5.75. The van der Waals surface area contributed by atoms with Crippen LogP contribution in [0.4, 0.5) is 0 Å². The summed E-state index contributed by atoms with van der Waals surface area (Å²) >= 11 is 0. The Bertz CT molecular complexity index is 294. The van der Waals surface area contributed by atoms with Gasteiger partial charge in [0.1, 0.15) is 6.04 Å². The number of nitrogens with one attached hydrogen (secondary N) is 1. The first-order valence-corrected chi connectivity index (χ1v) is 8.62. The second-order valence-electron chi connectivity index (χ2n) is 6.28. The van der Waals surface area contributed by atoms with Crippen LogP contribution in [0.3, 0.4) is 0 Å². The van der Waals surface area contributed by atoms with E-state index in [2.05, 4.69) is 12.2 Å². The minimum Gasteiger partial charge on any atom is -0.465 e. The molecule has 0 bridgehead atoms. The van der Waals surface area contributed by atoms with E-state index >= 15 is 0 Å². The van der Waals surface area contributed by atoms with Crippen molar-refractivity contribution in [2.45, 2.75) is 84.4 Å². The second-order valence-corrected chi connectivity index (χ2v) is 6.28. The summed E-state index contributed by atoms with van der Waals surface area (Å²) in [5.41, 5.74) is 0. The third-order valence-electron chi connectivity index (χ3n) is 4.21. The maximum atomic E-state index is 11.9. The highest BCUT2D eigenvalue weighted by Crippen LogP contribution is 2.29. The van der Waals surface area contributed by atoms with Crippen molar-refractivity contribution in [1.82, 2.24) is 5.32 Å². The molecule has 3 atom stereocenters. The molecular formula is C17H33NO3. The molecule has 0 amide bonds. The van der Waals surface area contributed by atoms with Crippen LogP contribution in [0.15, 0.2) is 0 Å². The third kappa shape index (κ3) is 6.79. The summed E-state index contributed by atoms with van der Waals surface area (Å²) in [6.07, 6.45) is 7.31. The van der Waals surface area contributed by atoms with Gasteiger partial charge in [0.2, 0.25) is 0 Å². The Hall–Kier alpha value is -0.610. The predicted molar refractivity (Wildman–Crippen MR) is 85.3 cm³/mol. The van der Waals surface area contributed by atoms with Crippen molar-refractivity contribution in [3.8, 4) is 0 Å². The Morgan fingerprint density at radius 1 is 1.24 bits per heavy atom. The average Bonchev–Trinajstić information content (AvgIpc) is 2.46. The van der Waals surface area contributed by atoms with Gasteiger partial charge in [-0.2, -0.15) is 0 Å². The first-order chi connectivity index (χ1) is 10.1. The lowest BCUT2D eigenvalue weighted by atomic mass is 9.85. The van der Waals surface area contributed by atoms with Gasteiger partial charge in [-0.25, -0.2) is 0 Å². The van der Waals surface area contributed by atoms with E-state index in [4.69, 9.17) is 9.47 Å². The van der Waals surface area contributed by atoms with Gasteiger partial charge in [0.25, 0.3) is 0 Å². The van der Waals surface area contributed by atoms with E-state index in [9.17, 15) is 4.79 Å². The van der Waals surface area contributed by atoms with Crippen molar-refractivity contribution >= 4 is 5.97 Å². The second kappa shape index (κ2) is 10.2. The van der Waals surface area contributed by atoms with Crippen LogP contribution in [-0.4, -0.2) is 37.4 Å². The average molecular weight is 299 g/mol. The lowest BCUT2D eigenvalue weighted by molar-refractivity contribution is -0.146. The van der Waals surface area contributed by atoms with E-state index in [-0.39, 0.29) is 18.1 Å². The smallest absolute Gasteiger partial charge is 0.323 e. The fraction of sp³-hybridized carbons (Fsp3) is 0.941. The molecule has 1 rings (SSSR count). The van der Waals surface area contributed by atoms with Crippen molar-refractivity contribution in [2.24, 2.45) is 5.92 Å². The maximum absolute atomic E-state index is 11.9. The number of esters is 1. The number of carbonyl (C=O) groups excluding carboxylic acids is 1. The molecule has 21 heavy (non-hydrogen) atoms. The molecule has 4 nitrogen and oxygen atoms in total. The van der Waals surface area contributed by atoms with Crippen molar-refractivity contribution in [3.05, 3.63) is 0 Å². The molecule has 0 radical (unpaired) electrons. The number of hydrogen-bond acceptors (Lipinski definition) is 4.